The van der Waals surface area contributed by atoms with Crippen LogP contribution in [0.3, 0.4) is 0 Å². The van der Waals surface area contributed by atoms with Gasteiger partial charge in [-0.15, -0.1) is 24.8 Å². The van der Waals surface area contributed by atoms with Crippen molar-refractivity contribution in [2.24, 2.45) is 0 Å². The van der Waals surface area contributed by atoms with Gasteiger partial charge >= 0.3 is 0 Å². The summed E-state index contributed by atoms with van der Waals surface area (Å²) in [5.74, 6) is 0.138. The summed E-state index contributed by atoms with van der Waals surface area (Å²) in [6.07, 6.45) is 0.908. The SMILES string of the molecule is Cc1cc(C)c(CCNC(=O)CN2CCNCC2)c(C)c1.Cl.Cl. The molecule has 0 aliphatic carbocycles. The summed E-state index contributed by atoms with van der Waals surface area (Å²) in [6.45, 7) is 11.6. The first kappa shape index (κ1) is 22.2. The molecule has 0 saturated carbocycles. The lowest BCUT2D eigenvalue weighted by molar-refractivity contribution is -0.122. The van der Waals surface area contributed by atoms with E-state index in [1.165, 1.54) is 22.3 Å². The van der Waals surface area contributed by atoms with Crippen LogP contribution >= 0.6 is 24.8 Å². The monoisotopic (exact) mass is 361 g/mol. The van der Waals surface area contributed by atoms with Gasteiger partial charge < -0.3 is 10.6 Å². The topological polar surface area (TPSA) is 44.4 Å². The molecule has 0 bridgehead atoms. The summed E-state index contributed by atoms with van der Waals surface area (Å²) in [5.41, 5.74) is 5.31. The van der Waals surface area contributed by atoms with E-state index in [0.29, 0.717) is 6.54 Å². The Balaban J connectivity index is 0.00000242. The third kappa shape index (κ3) is 7.08. The second kappa shape index (κ2) is 10.9. The standard InChI is InChI=1S/C17H27N3O.2ClH/c1-13-10-14(2)16(15(3)11-13)4-5-19-17(21)12-20-8-6-18-7-9-20;;/h10-11,18H,4-9,12H2,1-3H3,(H,19,21);2*1H. The molecule has 1 aromatic rings. The highest BCUT2D eigenvalue weighted by Gasteiger charge is 2.13. The van der Waals surface area contributed by atoms with Crippen molar-refractivity contribution in [3.8, 4) is 0 Å². The van der Waals surface area contributed by atoms with Gasteiger partial charge in [0, 0.05) is 32.7 Å². The number of hydrogen-bond donors (Lipinski definition) is 2. The molecule has 0 spiro atoms. The highest BCUT2D eigenvalue weighted by atomic mass is 35.5. The molecule has 1 fully saturated rings. The van der Waals surface area contributed by atoms with Gasteiger partial charge in [0.2, 0.25) is 5.91 Å². The van der Waals surface area contributed by atoms with Gasteiger partial charge in [0.1, 0.15) is 0 Å². The molecule has 1 heterocycles. The van der Waals surface area contributed by atoms with E-state index in [-0.39, 0.29) is 30.7 Å². The van der Waals surface area contributed by atoms with Crippen LogP contribution in [0.5, 0.6) is 0 Å². The van der Waals surface area contributed by atoms with Gasteiger partial charge in [-0.2, -0.15) is 0 Å². The zero-order chi connectivity index (χ0) is 15.2. The van der Waals surface area contributed by atoms with E-state index in [0.717, 1.165) is 39.1 Å². The Hall–Kier alpha value is -0.810. The second-order valence-corrected chi connectivity index (χ2v) is 6.00. The van der Waals surface area contributed by atoms with Gasteiger partial charge in [-0.3, -0.25) is 9.69 Å². The maximum absolute atomic E-state index is 12.0. The Labute approximate surface area is 152 Å². The minimum Gasteiger partial charge on any atom is -0.355 e. The van der Waals surface area contributed by atoms with E-state index in [2.05, 4.69) is 48.4 Å². The van der Waals surface area contributed by atoms with Crippen LogP contribution in [-0.2, 0) is 11.2 Å². The van der Waals surface area contributed by atoms with Crippen molar-refractivity contribution in [3.05, 3.63) is 34.4 Å². The normalized spacial score (nSPS) is 14.6. The predicted octanol–water partition coefficient (Wildman–Crippen LogP) is 2.02. The molecule has 4 nitrogen and oxygen atoms in total. The summed E-state index contributed by atoms with van der Waals surface area (Å²) < 4.78 is 0. The Morgan fingerprint density at radius 1 is 1.13 bits per heavy atom. The van der Waals surface area contributed by atoms with Crippen LogP contribution < -0.4 is 10.6 Å². The summed E-state index contributed by atoms with van der Waals surface area (Å²) >= 11 is 0. The Kier molecular flexibility index (Phi) is 10.5. The number of nitrogens with zero attached hydrogens (tertiary/aromatic N) is 1. The van der Waals surface area contributed by atoms with Gasteiger partial charge in [0.05, 0.1) is 6.54 Å². The van der Waals surface area contributed by atoms with Crippen molar-refractivity contribution in [1.29, 1.82) is 0 Å². The van der Waals surface area contributed by atoms with Gasteiger partial charge in [-0.1, -0.05) is 17.7 Å². The third-order valence-corrected chi connectivity index (χ3v) is 4.11. The number of halogens is 2. The van der Waals surface area contributed by atoms with Crippen LogP contribution in [0.25, 0.3) is 0 Å². The van der Waals surface area contributed by atoms with E-state index in [1.807, 2.05) is 0 Å². The summed E-state index contributed by atoms with van der Waals surface area (Å²) in [7, 11) is 0. The van der Waals surface area contributed by atoms with Crippen LogP contribution in [-0.4, -0.2) is 50.1 Å². The Bertz CT molecular complexity index is 480. The van der Waals surface area contributed by atoms with Crippen molar-refractivity contribution in [2.75, 3.05) is 39.3 Å². The minimum atomic E-state index is 0. The zero-order valence-corrected chi connectivity index (χ0v) is 15.9. The van der Waals surface area contributed by atoms with Crippen LogP contribution in [0.1, 0.15) is 22.3 Å². The fraction of sp³-hybridized carbons (Fsp3) is 0.588. The van der Waals surface area contributed by atoms with Crippen LogP contribution in [0, 0.1) is 20.8 Å². The number of carbonyl (C=O) groups excluding carboxylic acids is 1. The molecule has 1 aromatic carbocycles. The number of carbonyl (C=O) groups is 1. The fourth-order valence-corrected chi connectivity index (χ4v) is 3.06. The number of nitrogens with one attached hydrogen (secondary N) is 2. The van der Waals surface area contributed by atoms with E-state index in [9.17, 15) is 4.79 Å². The van der Waals surface area contributed by atoms with E-state index < -0.39 is 0 Å². The van der Waals surface area contributed by atoms with Crippen molar-refractivity contribution >= 4 is 30.7 Å². The van der Waals surface area contributed by atoms with Crippen molar-refractivity contribution in [1.82, 2.24) is 15.5 Å². The van der Waals surface area contributed by atoms with Crippen LogP contribution in [0.4, 0.5) is 0 Å². The minimum absolute atomic E-state index is 0. The van der Waals surface area contributed by atoms with Crippen LogP contribution in [0.15, 0.2) is 12.1 Å². The molecule has 132 valence electrons. The molecule has 0 unspecified atom stereocenters. The average Bonchev–Trinajstić information content (AvgIpc) is 2.42. The highest BCUT2D eigenvalue weighted by Crippen LogP contribution is 2.16. The average molecular weight is 362 g/mol. The Morgan fingerprint density at radius 3 is 2.26 bits per heavy atom. The molecular formula is C17H29Cl2N3O. The first-order valence-electron chi connectivity index (χ1n) is 7.83. The Morgan fingerprint density at radius 2 is 1.70 bits per heavy atom. The van der Waals surface area contributed by atoms with E-state index in [4.69, 9.17) is 0 Å². The molecule has 1 aliphatic heterocycles. The molecule has 0 atom stereocenters. The molecule has 0 aromatic heterocycles. The molecule has 23 heavy (non-hydrogen) atoms. The number of aryl methyl sites for hydroxylation is 3. The number of benzene rings is 1. The van der Waals surface area contributed by atoms with Gasteiger partial charge in [-0.25, -0.2) is 0 Å². The summed E-state index contributed by atoms with van der Waals surface area (Å²) in [5, 5.41) is 6.34. The van der Waals surface area contributed by atoms with E-state index in [1.54, 1.807) is 0 Å². The maximum atomic E-state index is 12.0. The summed E-state index contributed by atoms with van der Waals surface area (Å²) in [6, 6.07) is 4.43. The molecule has 0 radical (unpaired) electrons. The molecule has 6 heteroatoms. The number of piperazine rings is 1. The smallest absolute Gasteiger partial charge is 0.234 e. The van der Waals surface area contributed by atoms with Crippen molar-refractivity contribution < 1.29 is 4.79 Å². The predicted molar refractivity (Wildman–Crippen MR) is 101 cm³/mol. The molecule has 1 saturated heterocycles. The van der Waals surface area contributed by atoms with E-state index >= 15 is 0 Å². The second-order valence-electron chi connectivity index (χ2n) is 6.00. The van der Waals surface area contributed by atoms with Gasteiger partial charge in [-0.05, 0) is 43.9 Å². The van der Waals surface area contributed by atoms with Gasteiger partial charge in [0.25, 0.3) is 0 Å². The lowest BCUT2D eigenvalue weighted by Crippen LogP contribution is -2.47. The van der Waals surface area contributed by atoms with Gasteiger partial charge in [0.15, 0.2) is 0 Å². The number of hydrogen-bond acceptors (Lipinski definition) is 3. The largest absolute Gasteiger partial charge is 0.355 e. The number of amides is 1. The lowest BCUT2D eigenvalue weighted by atomic mass is 9.97. The van der Waals surface area contributed by atoms with Crippen LogP contribution in [0.2, 0.25) is 0 Å². The maximum Gasteiger partial charge on any atom is 0.234 e. The fourth-order valence-electron chi connectivity index (χ4n) is 3.06. The molecular weight excluding hydrogens is 333 g/mol. The molecule has 2 N–H and O–H groups in total. The lowest BCUT2D eigenvalue weighted by Gasteiger charge is -2.26. The van der Waals surface area contributed by atoms with Crippen molar-refractivity contribution in [2.45, 2.75) is 27.2 Å². The summed E-state index contributed by atoms with van der Waals surface area (Å²) in [4.78, 5) is 14.2. The highest BCUT2D eigenvalue weighted by molar-refractivity contribution is 5.85. The third-order valence-electron chi connectivity index (χ3n) is 4.11. The molecule has 2 rings (SSSR count). The van der Waals surface area contributed by atoms with Crippen molar-refractivity contribution in [3.63, 3.8) is 0 Å². The quantitative estimate of drug-likeness (QED) is 0.843. The molecule has 1 amide bonds. The first-order valence-corrected chi connectivity index (χ1v) is 7.83. The zero-order valence-electron chi connectivity index (χ0n) is 14.3. The molecule has 1 aliphatic rings. The number of rotatable bonds is 5. The first-order chi connectivity index (χ1) is 10.1.